The van der Waals surface area contributed by atoms with E-state index in [1.54, 1.807) is 6.07 Å². The Kier molecular flexibility index (Phi) is 3.45. The van der Waals surface area contributed by atoms with Gasteiger partial charge >= 0.3 is 5.97 Å². The van der Waals surface area contributed by atoms with Gasteiger partial charge in [0.1, 0.15) is 11.0 Å². The zero-order valence-corrected chi connectivity index (χ0v) is 10.2. The van der Waals surface area contributed by atoms with Crippen LogP contribution >= 0.6 is 11.6 Å². The van der Waals surface area contributed by atoms with Gasteiger partial charge in [0.2, 0.25) is 0 Å². The van der Waals surface area contributed by atoms with Crippen LogP contribution in [0, 0.1) is 5.82 Å². The number of carbonyl (C=O) groups is 1. The molecule has 1 heterocycles. The highest BCUT2D eigenvalue weighted by atomic mass is 35.5. The Bertz CT molecular complexity index is 630. The Balaban J connectivity index is 2.69. The summed E-state index contributed by atoms with van der Waals surface area (Å²) < 4.78 is 18.1. The monoisotopic (exact) mass is 269 g/mol. The molecule has 0 bridgehead atoms. The molecular formula is C12H9ClFNO3. The Hall–Kier alpha value is -1.72. The van der Waals surface area contributed by atoms with E-state index in [1.165, 1.54) is 13.2 Å². The number of carbonyl (C=O) groups excluding carboxylic acids is 1. The molecule has 0 aliphatic carbocycles. The quantitative estimate of drug-likeness (QED) is 0.671. The first-order valence-electron chi connectivity index (χ1n) is 5.04. The maximum Gasteiger partial charge on any atom is 0.340 e. The molecule has 1 aromatic carbocycles. The fourth-order valence-corrected chi connectivity index (χ4v) is 1.80. The largest absolute Gasteiger partial charge is 0.465 e. The molecular weight excluding hydrogens is 261 g/mol. The average molecular weight is 270 g/mol. The lowest BCUT2D eigenvalue weighted by Gasteiger charge is -2.06. The SMILES string of the molecule is COC(=O)c1cc2cc(CO)c(Cl)nc2cc1F. The van der Waals surface area contributed by atoms with E-state index in [0.29, 0.717) is 16.5 Å². The van der Waals surface area contributed by atoms with Crippen LogP contribution in [0.25, 0.3) is 10.9 Å². The molecule has 0 aliphatic rings. The number of pyridine rings is 1. The predicted molar refractivity (Wildman–Crippen MR) is 64.0 cm³/mol. The number of fused-ring (bicyclic) bond motifs is 1. The van der Waals surface area contributed by atoms with Crippen molar-refractivity contribution >= 4 is 28.5 Å². The smallest absolute Gasteiger partial charge is 0.340 e. The van der Waals surface area contributed by atoms with Gasteiger partial charge < -0.3 is 9.84 Å². The minimum atomic E-state index is -0.769. The third kappa shape index (κ3) is 2.14. The summed E-state index contributed by atoms with van der Waals surface area (Å²) in [5, 5.41) is 9.68. The van der Waals surface area contributed by atoms with Crippen molar-refractivity contribution in [3.63, 3.8) is 0 Å². The zero-order valence-electron chi connectivity index (χ0n) is 9.41. The van der Waals surface area contributed by atoms with Crippen molar-refractivity contribution in [1.29, 1.82) is 0 Å². The summed E-state index contributed by atoms with van der Waals surface area (Å²) >= 11 is 5.80. The molecule has 0 radical (unpaired) electrons. The molecule has 0 spiro atoms. The highest BCUT2D eigenvalue weighted by molar-refractivity contribution is 6.30. The normalized spacial score (nSPS) is 10.7. The molecule has 2 aromatic rings. The molecule has 0 atom stereocenters. The lowest BCUT2D eigenvalue weighted by molar-refractivity contribution is 0.0595. The van der Waals surface area contributed by atoms with Gasteiger partial charge in [0, 0.05) is 17.0 Å². The van der Waals surface area contributed by atoms with E-state index < -0.39 is 11.8 Å². The van der Waals surface area contributed by atoms with Gasteiger partial charge in [-0.25, -0.2) is 14.2 Å². The minimum absolute atomic E-state index is 0.107. The van der Waals surface area contributed by atoms with Gasteiger partial charge in [-0.3, -0.25) is 0 Å². The third-order valence-corrected chi connectivity index (χ3v) is 2.83. The Labute approximate surface area is 107 Å². The van der Waals surface area contributed by atoms with Crippen LogP contribution in [0.15, 0.2) is 18.2 Å². The fourth-order valence-electron chi connectivity index (χ4n) is 1.59. The fraction of sp³-hybridized carbons (Fsp3) is 0.167. The molecule has 0 aliphatic heterocycles. The molecule has 0 unspecified atom stereocenters. The summed E-state index contributed by atoms with van der Waals surface area (Å²) in [7, 11) is 1.17. The van der Waals surface area contributed by atoms with Crippen LogP contribution in [0.2, 0.25) is 5.15 Å². The van der Waals surface area contributed by atoms with Crippen molar-refractivity contribution in [2.45, 2.75) is 6.61 Å². The summed E-state index contributed by atoms with van der Waals surface area (Å²) in [6.07, 6.45) is 0. The second kappa shape index (κ2) is 4.88. The average Bonchev–Trinajstić information content (AvgIpc) is 2.36. The van der Waals surface area contributed by atoms with E-state index in [2.05, 4.69) is 9.72 Å². The number of benzene rings is 1. The number of aliphatic hydroxyl groups excluding tert-OH is 1. The topological polar surface area (TPSA) is 59.4 Å². The van der Waals surface area contributed by atoms with Crippen LogP contribution in [-0.2, 0) is 11.3 Å². The second-order valence-electron chi connectivity index (χ2n) is 3.61. The van der Waals surface area contributed by atoms with Crippen molar-refractivity contribution < 1.29 is 19.0 Å². The van der Waals surface area contributed by atoms with E-state index in [4.69, 9.17) is 16.7 Å². The lowest BCUT2D eigenvalue weighted by atomic mass is 10.1. The summed E-state index contributed by atoms with van der Waals surface area (Å²) in [5.74, 6) is -1.50. The van der Waals surface area contributed by atoms with Crippen LogP contribution < -0.4 is 0 Å². The number of aromatic nitrogens is 1. The van der Waals surface area contributed by atoms with Crippen LogP contribution in [0.5, 0.6) is 0 Å². The maximum absolute atomic E-state index is 13.6. The number of esters is 1. The number of nitrogens with zero attached hydrogens (tertiary/aromatic N) is 1. The molecule has 4 nitrogen and oxygen atoms in total. The third-order valence-electron chi connectivity index (χ3n) is 2.51. The van der Waals surface area contributed by atoms with E-state index in [-0.39, 0.29) is 17.3 Å². The molecule has 0 fully saturated rings. The molecule has 0 amide bonds. The van der Waals surface area contributed by atoms with E-state index in [0.717, 1.165) is 6.07 Å². The predicted octanol–water partition coefficient (Wildman–Crippen LogP) is 2.31. The summed E-state index contributed by atoms with van der Waals surface area (Å²) in [4.78, 5) is 15.3. The van der Waals surface area contributed by atoms with Crippen LogP contribution in [0.4, 0.5) is 4.39 Å². The van der Waals surface area contributed by atoms with E-state index in [9.17, 15) is 9.18 Å². The molecule has 94 valence electrons. The first-order valence-corrected chi connectivity index (χ1v) is 5.42. The van der Waals surface area contributed by atoms with Gasteiger partial charge in [0.15, 0.2) is 0 Å². The number of ether oxygens (including phenoxy) is 1. The van der Waals surface area contributed by atoms with Crippen molar-refractivity contribution in [3.05, 3.63) is 40.3 Å². The highest BCUT2D eigenvalue weighted by Crippen LogP contribution is 2.23. The van der Waals surface area contributed by atoms with Gasteiger partial charge in [0.05, 0.1) is 24.8 Å². The number of rotatable bonds is 2. The Morgan fingerprint density at radius 1 is 1.50 bits per heavy atom. The summed E-state index contributed by atoms with van der Waals surface area (Å²) in [5.41, 5.74) is 0.534. The molecule has 0 saturated carbocycles. The molecule has 2 rings (SSSR count). The van der Waals surface area contributed by atoms with Gasteiger partial charge in [-0.1, -0.05) is 11.6 Å². The molecule has 1 aromatic heterocycles. The molecule has 18 heavy (non-hydrogen) atoms. The second-order valence-corrected chi connectivity index (χ2v) is 3.97. The Morgan fingerprint density at radius 3 is 2.83 bits per heavy atom. The summed E-state index contributed by atoms with van der Waals surface area (Å²) in [6.45, 7) is -0.285. The van der Waals surface area contributed by atoms with Gasteiger partial charge in [-0.05, 0) is 12.1 Å². The first kappa shape index (κ1) is 12.7. The van der Waals surface area contributed by atoms with Crippen LogP contribution in [0.1, 0.15) is 15.9 Å². The van der Waals surface area contributed by atoms with Crippen molar-refractivity contribution in [3.8, 4) is 0 Å². The maximum atomic E-state index is 13.6. The number of methoxy groups -OCH3 is 1. The Morgan fingerprint density at radius 2 is 2.22 bits per heavy atom. The molecule has 0 saturated heterocycles. The highest BCUT2D eigenvalue weighted by Gasteiger charge is 2.15. The van der Waals surface area contributed by atoms with E-state index in [1.807, 2.05) is 0 Å². The number of hydrogen-bond donors (Lipinski definition) is 1. The first-order chi connectivity index (χ1) is 8.56. The number of hydrogen-bond acceptors (Lipinski definition) is 4. The molecule has 1 N–H and O–H groups in total. The van der Waals surface area contributed by atoms with Gasteiger partial charge in [0.25, 0.3) is 0 Å². The van der Waals surface area contributed by atoms with Gasteiger partial charge in [-0.15, -0.1) is 0 Å². The number of halogens is 2. The van der Waals surface area contributed by atoms with Crippen molar-refractivity contribution in [1.82, 2.24) is 4.98 Å². The standard InChI is InChI=1S/C12H9ClFNO3/c1-18-12(17)8-3-6-2-7(5-16)11(13)15-10(6)4-9(8)14/h2-4,16H,5H2,1H3. The zero-order chi connectivity index (χ0) is 13.3. The number of aliphatic hydroxyl groups is 1. The van der Waals surface area contributed by atoms with Crippen LogP contribution in [0.3, 0.4) is 0 Å². The van der Waals surface area contributed by atoms with Crippen molar-refractivity contribution in [2.24, 2.45) is 0 Å². The van der Waals surface area contributed by atoms with Gasteiger partial charge in [-0.2, -0.15) is 0 Å². The lowest BCUT2D eigenvalue weighted by Crippen LogP contribution is -2.05. The summed E-state index contributed by atoms with van der Waals surface area (Å²) in [6, 6.07) is 3.98. The van der Waals surface area contributed by atoms with E-state index >= 15 is 0 Å². The minimum Gasteiger partial charge on any atom is -0.465 e. The molecule has 6 heteroatoms. The van der Waals surface area contributed by atoms with Crippen LogP contribution in [-0.4, -0.2) is 23.2 Å². The van der Waals surface area contributed by atoms with Crippen molar-refractivity contribution in [2.75, 3.05) is 7.11 Å².